The van der Waals surface area contributed by atoms with E-state index in [0.29, 0.717) is 6.04 Å². The summed E-state index contributed by atoms with van der Waals surface area (Å²) in [7, 11) is 1.70. The van der Waals surface area contributed by atoms with Crippen LogP contribution in [0.15, 0.2) is 36.5 Å². The highest BCUT2D eigenvalue weighted by Gasteiger charge is 2.36. The Balaban J connectivity index is 1.70. The molecule has 1 aromatic carbocycles. The molecule has 1 aromatic heterocycles. The molecule has 0 amide bonds. The van der Waals surface area contributed by atoms with E-state index in [1.165, 1.54) is 31.5 Å². The summed E-state index contributed by atoms with van der Waals surface area (Å²) in [6, 6.07) is 10.9. The fourth-order valence-corrected chi connectivity index (χ4v) is 3.75. The van der Waals surface area contributed by atoms with Crippen LogP contribution < -0.4 is 4.74 Å². The molecule has 110 valence electrons. The van der Waals surface area contributed by atoms with Gasteiger partial charge in [-0.1, -0.05) is 30.3 Å². The Labute approximate surface area is 125 Å². The van der Waals surface area contributed by atoms with Crippen molar-refractivity contribution in [2.45, 2.75) is 18.9 Å². The summed E-state index contributed by atoms with van der Waals surface area (Å²) in [5, 5.41) is 4.72. The minimum absolute atomic E-state index is 0.499. The molecule has 0 spiro atoms. The predicted octanol–water partition coefficient (Wildman–Crippen LogP) is 2.83. The van der Waals surface area contributed by atoms with Crippen molar-refractivity contribution >= 4 is 0 Å². The number of hydrogen-bond donors (Lipinski definition) is 0. The number of rotatable bonds is 3. The first kappa shape index (κ1) is 12.9. The molecule has 2 bridgehead atoms. The molecule has 0 aliphatic carbocycles. The number of nitrogens with zero attached hydrogens (tertiary/aromatic N) is 3. The Morgan fingerprint density at radius 3 is 2.52 bits per heavy atom. The molecule has 2 aromatic rings. The van der Waals surface area contributed by atoms with Crippen LogP contribution in [0.2, 0.25) is 0 Å². The number of methoxy groups -OCH3 is 1. The van der Waals surface area contributed by atoms with Gasteiger partial charge in [0.05, 0.1) is 18.7 Å². The second-order valence-corrected chi connectivity index (χ2v) is 6.10. The summed E-state index contributed by atoms with van der Waals surface area (Å²) in [5.74, 6) is 1.50. The molecule has 3 saturated heterocycles. The second-order valence-electron chi connectivity index (χ2n) is 6.10. The highest BCUT2D eigenvalue weighted by molar-refractivity contribution is 5.67. The third-order valence-corrected chi connectivity index (χ3v) is 4.94. The smallest absolute Gasteiger partial charge is 0.240 e. The van der Waals surface area contributed by atoms with Gasteiger partial charge in [0.2, 0.25) is 5.88 Å². The van der Waals surface area contributed by atoms with Crippen molar-refractivity contribution in [3.63, 3.8) is 0 Å². The van der Waals surface area contributed by atoms with Gasteiger partial charge in [-0.3, -0.25) is 4.68 Å². The van der Waals surface area contributed by atoms with E-state index >= 15 is 0 Å². The molecule has 4 heteroatoms. The number of benzene rings is 1. The summed E-state index contributed by atoms with van der Waals surface area (Å²) in [5.41, 5.74) is 2.26. The molecule has 3 aliphatic rings. The van der Waals surface area contributed by atoms with Gasteiger partial charge in [0.15, 0.2) is 0 Å². The molecule has 4 heterocycles. The minimum atomic E-state index is 0.499. The van der Waals surface area contributed by atoms with E-state index in [2.05, 4.69) is 40.0 Å². The molecular weight excluding hydrogens is 262 g/mol. The normalized spacial score (nSPS) is 27.8. The quantitative estimate of drug-likeness (QED) is 0.867. The van der Waals surface area contributed by atoms with E-state index in [0.717, 1.165) is 23.9 Å². The summed E-state index contributed by atoms with van der Waals surface area (Å²) >= 11 is 0. The Kier molecular flexibility index (Phi) is 3.19. The van der Waals surface area contributed by atoms with E-state index in [1.807, 2.05) is 6.07 Å². The lowest BCUT2D eigenvalue weighted by atomic mass is 9.84. The molecule has 1 atom stereocenters. The van der Waals surface area contributed by atoms with Gasteiger partial charge in [-0.05, 0) is 37.4 Å². The fourth-order valence-electron chi connectivity index (χ4n) is 3.75. The lowest BCUT2D eigenvalue weighted by molar-refractivity contribution is 0.0507. The SMILES string of the molecule is COc1nn(C2CN3CCC2CC3)cc1-c1ccccc1. The highest BCUT2D eigenvalue weighted by Crippen LogP contribution is 2.38. The number of hydrogen-bond acceptors (Lipinski definition) is 3. The van der Waals surface area contributed by atoms with Crippen LogP contribution in [-0.4, -0.2) is 41.4 Å². The molecule has 0 N–H and O–H groups in total. The van der Waals surface area contributed by atoms with Gasteiger partial charge in [-0.15, -0.1) is 5.10 Å². The van der Waals surface area contributed by atoms with Crippen molar-refractivity contribution in [1.82, 2.24) is 14.7 Å². The van der Waals surface area contributed by atoms with E-state index in [4.69, 9.17) is 9.84 Å². The Bertz CT molecular complexity index is 614. The average molecular weight is 283 g/mol. The van der Waals surface area contributed by atoms with Crippen LogP contribution in [0.5, 0.6) is 5.88 Å². The van der Waals surface area contributed by atoms with Gasteiger partial charge in [0.25, 0.3) is 0 Å². The van der Waals surface area contributed by atoms with E-state index in [9.17, 15) is 0 Å². The minimum Gasteiger partial charge on any atom is -0.479 e. The Hall–Kier alpha value is -1.81. The first-order chi connectivity index (χ1) is 10.3. The van der Waals surface area contributed by atoms with Gasteiger partial charge in [0.1, 0.15) is 0 Å². The summed E-state index contributed by atoms with van der Waals surface area (Å²) < 4.78 is 7.66. The topological polar surface area (TPSA) is 30.3 Å². The zero-order valence-corrected chi connectivity index (χ0v) is 12.4. The Morgan fingerprint density at radius 1 is 1.14 bits per heavy atom. The van der Waals surface area contributed by atoms with Gasteiger partial charge < -0.3 is 9.64 Å². The molecule has 5 rings (SSSR count). The standard InChI is InChI=1S/C17H21N3O/c1-21-17-15(13-5-3-2-4-6-13)11-20(18-17)16-12-19-9-7-14(16)8-10-19/h2-6,11,14,16H,7-10,12H2,1H3. The lowest BCUT2D eigenvalue weighted by Gasteiger charge is -2.44. The second kappa shape index (κ2) is 5.19. The van der Waals surface area contributed by atoms with Gasteiger partial charge >= 0.3 is 0 Å². The van der Waals surface area contributed by atoms with Crippen molar-refractivity contribution in [1.29, 1.82) is 0 Å². The zero-order valence-electron chi connectivity index (χ0n) is 12.4. The third-order valence-electron chi connectivity index (χ3n) is 4.94. The number of fused-ring (bicyclic) bond motifs is 3. The van der Waals surface area contributed by atoms with E-state index in [1.54, 1.807) is 7.11 Å². The molecular formula is C17H21N3O. The zero-order chi connectivity index (χ0) is 14.2. The molecule has 3 fully saturated rings. The number of ether oxygens (including phenoxy) is 1. The van der Waals surface area contributed by atoms with E-state index < -0.39 is 0 Å². The summed E-state index contributed by atoms with van der Waals surface area (Å²) in [4.78, 5) is 2.56. The van der Waals surface area contributed by atoms with Crippen molar-refractivity contribution in [2.24, 2.45) is 5.92 Å². The van der Waals surface area contributed by atoms with Crippen LogP contribution in [0.4, 0.5) is 0 Å². The largest absolute Gasteiger partial charge is 0.479 e. The van der Waals surface area contributed by atoms with Crippen LogP contribution in [-0.2, 0) is 0 Å². The summed E-state index contributed by atoms with van der Waals surface area (Å²) in [6.07, 6.45) is 4.77. The Morgan fingerprint density at radius 2 is 1.90 bits per heavy atom. The monoisotopic (exact) mass is 283 g/mol. The maximum atomic E-state index is 5.51. The highest BCUT2D eigenvalue weighted by atomic mass is 16.5. The molecule has 4 nitrogen and oxygen atoms in total. The van der Waals surface area contributed by atoms with Gasteiger partial charge in [-0.2, -0.15) is 0 Å². The van der Waals surface area contributed by atoms with Crippen LogP contribution >= 0.6 is 0 Å². The van der Waals surface area contributed by atoms with Crippen molar-refractivity contribution in [3.8, 4) is 17.0 Å². The fraction of sp³-hybridized carbons (Fsp3) is 0.471. The molecule has 0 radical (unpaired) electrons. The number of piperidine rings is 3. The van der Waals surface area contributed by atoms with Gasteiger partial charge in [0, 0.05) is 12.7 Å². The summed E-state index contributed by atoms with van der Waals surface area (Å²) in [6.45, 7) is 3.64. The van der Waals surface area contributed by atoms with Crippen molar-refractivity contribution in [2.75, 3.05) is 26.7 Å². The van der Waals surface area contributed by atoms with Crippen molar-refractivity contribution in [3.05, 3.63) is 36.5 Å². The van der Waals surface area contributed by atoms with Crippen LogP contribution in [0.3, 0.4) is 0 Å². The lowest BCUT2D eigenvalue weighted by Crippen LogP contribution is -2.48. The third kappa shape index (κ3) is 2.23. The maximum Gasteiger partial charge on any atom is 0.240 e. The van der Waals surface area contributed by atoms with Gasteiger partial charge in [-0.25, -0.2) is 0 Å². The first-order valence-electron chi connectivity index (χ1n) is 7.76. The first-order valence-corrected chi connectivity index (χ1v) is 7.76. The molecule has 3 aliphatic heterocycles. The van der Waals surface area contributed by atoms with E-state index in [-0.39, 0.29) is 0 Å². The molecule has 21 heavy (non-hydrogen) atoms. The molecule has 1 unspecified atom stereocenters. The predicted molar refractivity (Wildman–Crippen MR) is 82.4 cm³/mol. The number of aromatic nitrogens is 2. The van der Waals surface area contributed by atoms with Crippen LogP contribution in [0.25, 0.3) is 11.1 Å². The average Bonchev–Trinajstić information content (AvgIpc) is 3.01. The van der Waals surface area contributed by atoms with Crippen LogP contribution in [0, 0.1) is 5.92 Å². The van der Waals surface area contributed by atoms with Crippen molar-refractivity contribution < 1.29 is 4.74 Å². The maximum absolute atomic E-state index is 5.51. The van der Waals surface area contributed by atoms with Crippen LogP contribution in [0.1, 0.15) is 18.9 Å². The molecule has 0 saturated carbocycles.